The average molecular weight is 285 g/mol. The van der Waals surface area contributed by atoms with Crippen molar-refractivity contribution < 1.29 is 5.11 Å². The van der Waals surface area contributed by atoms with Gasteiger partial charge in [0.25, 0.3) is 0 Å². The van der Waals surface area contributed by atoms with Gasteiger partial charge in [0.05, 0.1) is 6.61 Å². The molecule has 1 fully saturated rings. The molecule has 1 aromatic carbocycles. The summed E-state index contributed by atoms with van der Waals surface area (Å²) in [5, 5.41) is 8.78. The summed E-state index contributed by atoms with van der Waals surface area (Å²) in [6.07, 6.45) is 5.99. The third-order valence-electron chi connectivity index (χ3n) is 4.46. The molecule has 2 nitrogen and oxygen atoms in total. The summed E-state index contributed by atoms with van der Waals surface area (Å²) >= 11 is 0. The van der Waals surface area contributed by atoms with Gasteiger partial charge in [-0.2, -0.15) is 0 Å². The van der Waals surface area contributed by atoms with Crippen LogP contribution in [0.25, 0.3) is 0 Å². The lowest BCUT2D eigenvalue weighted by atomic mass is 9.85. The zero-order chi connectivity index (χ0) is 15.1. The number of hydrogen-bond donors (Lipinski definition) is 1. The summed E-state index contributed by atoms with van der Waals surface area (Å²) < 4.78 is 0. The van der Waals surface area contributed by atoms with Gasteiger partial charge in [-0.1, -0.05) is 43.7 Å². The molecule has 2 rings (SSSR count). The minimum atomic E-state index is 0.134. The smallest absolute Gasteiger partial charge is 0.0540 e. The molecule has 1 aromatic rings. The first-order valence-corrected chi connectivity index (χ1v) is 8.09. The number of hydrogen-bond acceptors (Lipinski definition) is 2. The van der Waals surface area contributed by atoms with Gasteiger partial charge in [0.15, 0.2) is 0 Å². The van der Waals surface area contributed by atoms with Crippen LogP contribution in [-0.4, -0.2) is 29.7 Å². The minimum absolute atomic E-state index is 0.134. The topological polar surface area (TPSA) is 23.5 Å². The Morgan fingerprint density at radius 2 is 2.10 bits per heavy atom. The molecule has 0 aliphatic heterocycles. The van der Waals surface area contributed by atoms with E-state index in [1.54, 1.807) is 0 Å². The van der Waals surface area contributed by atoms with Crippen LogP contribution in [0.1, 0.15) is 50.2 Å². The van der Waals surface area contributed by atoms with Gasteiger partial charge in [0.2, 0.25) is 0 Å². The highest BCUT2D eigenvalue weighted by atomic mass is 16.2. The normalized spacial score (nSPS) is 21.9. The van der Waals surface area contributed by atoms with Crippen molar-refractivity contribution in [2.24, 2.45) is 5.92 Å². The Hall–Kier alpha value is -1.30. The number of benzene rings is 1. The quantitative estimate of drug-likeness (QED) is 0.857. The first-order valence-electron chi connectivity index (χ1n) is 8.09. The van der Waals surface area contributed by atoms with Gasteiger partial charge in [0, 0.05) is 24.6 Å². The van der Waals surface area contributed by atoms with E-state index in [-0.39, 0.29) is 6.61 Å². The predicted octanol–water partition coefficient (Wildman–Crippen LogP) is 3.43. The lowest BCUT2D eigenvalue weighted by Gasteiger charge is -2.36. The van der Waals surface area contributed by atoms with Crippen molar-refractivity contribution in [1.29, 1.82) is 0 Å². The van der Waals surface area contributed by atoms with Gasteiger partial charge < -0.3 is 5.11 Å². The molecular weight excluding hydrogens is 258 g/mol. The van der Waals surface area contributed by atoms with Crippen LogP contribution in [-0.2, 0) is 6.54 Å². The lowest BCUT2D eigenvalue weighted by Crippen LogP contribution is -2.38. The van der Waals surface area contributed by atoms with E-state index in [2.05, 4.69) is 48.9 Å². The third kappa shape index (κ3) is 4.88. The molecule has 1 saturated carbocycles. The van der Waals surface area contributed by atoms with Crippen molar-refractivity contribution in [2.45, 2.75) is 51.6 Å². The summed E-state index contributed by atoms with van der Waals surface area (Å²) in [7, 11) is 2.25. The van der Waals surface area contributed by atoms with Crippen LogP contribution in [0.2, 0.25) is 0 Å². The highest BCUT2D eigenvalue weighted by molar-refractivity contribution is 5.37. The number of nitrogens with zero attached hydrogens (tertiary/aromatic N) is 1. The van der Waals surface area contributed by atoms with Crippen molar-refractivity contribution in [3.8, 4) is 11.8 Å². The molecule has 1 aliphatic carbocycles. The van der Waals surface area contributed by atoms with Gasteiger partial charge in [-0.25, -0.2) is 0 Å². The molecular formula is C19H27NO. The second-order valence-electron chi connectivity index (χ2n) is 6.22. The second kappa shape index (κ2) is 8.22. The number of aliphatic hydroxyl groups excluding tert-OH is 1. The van der Waals surface area contributed by atoms with Crippen molar-refractivity contribution >= 4 is 0 Å². The van der Waals surface area contributed by atoms with Crippen LogP contribution in [0.5, 0.6) is 0 Å². The van der Waals surface area contributed by atoms with Crippen molar-refractivity contribution in [1.82, 2.24) is 4.90 Å². The Balaban J connectivity index is 1.99. The van der Waals surface area contributed by atoms with E-state index in [9.17, 15) is 0 Å². The van der Waals surface area contributed by atoms with E-state index in [1.807, 2.05) is 6.07 Å². The summed E-state index contributed by atoms with van der Waals surface area (Å²) in [6.45, 7) is 3.51. The molecule has 0 saturated heterocycles. The molecule has 1 N–H and O–H groups in total. The summed E-state index contributed by atoms with van der Waals surface area (Å²) in [5.74, 6) is 6.91. The monoisotopic (exact) mass is 285 g/mol. The lowest BCUT2D eigenvalue weighted by molar-refractivity contribution is 0.133. The number of aliphatic hydroxyl groups is 1. The van der Waals surface area contributed by atoms with E-state index >= 15 is 0 Å². The van der Waals surface area contributed by atoms with E-state index in [0.717, 1.165) is 18.0 Å². The summed E-state index contributed by atoms with van der Waals surface area (Å²) in [5.41, 5.74) is 2.37. The Morgan fingerprint density at radius 3 is 2.86 bits per heavy atom. The van der Waals surface area contributed by atoms with Gasteiger partial charge in [0.1, 0.15) is 0 Å². The van der Waals surface area contributed by atoms with Gasteiger partial charge in [-0.15, -0.1) is 0 Å². The van der Waals surface area contributed by atoms with Crippen LogP contribution in [0.4, 0.5) is 0 Å². The van der Waals surface area contributed by atoms with Crippen molar-refractivity contribution in [3.63, 3.8) is 0 Å². The first kappa shape index (κ1) is 16.1. The summed E-state index contributed by atoms with van der Waals surface area (Å²) in [6, 6.07) is 9.19. The maximum absolute atomic E-state index is 8.78. The molecule has 2 unspecified atom stereocenters. The fourth-order valence-electron chi connectivity index (χ4n) is 3.32. The molecule has 0 spiro atoms. The van der Waals surface area contributed by atoms with Crippen LogP contribution >= 0.6 is 0 Å². The fourth-order valence-corrected chi connectivity index (χ4v) is 3.32. The fraction of sp³-hybridized carbons (Fsp3) is 0.579. The Labute approximate surface area is 129 Å². The Bertz CT molecular complexity index is 500. The molecule has 0 amide bonds. The Kier molecular flexibility index (Phi) is 6.29. The number of rotatable bonds is 4. The van der Waals surface area contributed by atoms with Gasteiger partial charge >= 0.3 is 0 Å². The molecule has 2 heteroatoms. The molecule has 2 atom stereocenters. The Morgan fingerprint density at radius 1 is 1.29 bits per heavy atom. The van der Waals surface area contributed by atoms with E-state index < -0.39 is 0 Å². The first-order chi connectivity index (χ1) is 10.2. The third-order valence-corrected chi connectivity index (χ3v) is 4.46. The highest BCUT2D eigenvalue weighted by Crippen LogP contribution is 2.28. The molecule has 114 valence electrons. The maximum atomic E-state index is 8.78. The SMILES string of the molecule is CC1CCCCC1N(C)Cc1cccc(C#CCCO)c1. The van der Waals surface area contributed by atoms with Crippen LogP contribution in [0, 0.1) is 17.8 Å². The standard InChI is InChI=1S/C19H27NO/c1-16-8-3-4-12-19(16)20(2)15-18-11-7-10-17(14-18)9-5-6-13-21/h7,10-11,14,16,19,21H,3-4,6,8,12-13,15H2,1-2H3. The molecule has 0 heterocycles. The highest BCUT2D eigenvalue weighted by Gasteiger charge is 2.24. The van der Waals surface area contributed by atoms with Crippen LogP contribution < -0.4 is 0 Å². The van der Waals surface area contributed by atoms with Gasteiger partial charge in [-0.05, 0) is 43.5 Å². The molecule has 0 bridgehead atoms. The molecule has 0 radical (unpaired) electrons. The molecule has 21 heavy (non-hydrogen) atoms. The largest absolute Gasteiger partial charge is 0.395 e. The molecule has 0 aromatic heterocycles. The van der Waals surface area contributed by atoms with Crippen molar-refractivity contribution in [3.05, 3.63) is 35.4 Å². The minimum Gasteiger partial charge on any atom is -0.395 e. The van der Waals surface area contributed by atoms with E-state index in [4.69, 9.17) is 5.11 Å². The van der Waals surface area contributed by atoms with Gasteiger partial charge in [-0.3, -0.25) is 4.90 Å². The van der Waals surface area contributed by atoms with E-state index in [0.29, 0.717) is 12.5 Å². The van der Waals surface area contributed by atoms with E-state index in [1.165, 1.54) is 31.2 Å². The van der Waals surface area contributed by atoms with Crippen molar-refractivity contribution in [2.75, 3.05) is 13.7 Å². The van der Waals surface area contributed by atoms with Crippen LogP contribution in [0.3, 0.4) is 0 Å². The zero-order valence-electron chi connectivity index (χ0n) is 13.3. The van der Waals surface area contributed by atoms with Crippen LogP contribution in [0.15, 0.2) is 24.3 Å². The zero-order valence-corrected chi connectivity index (χ0v) is 13.3. The predicted molar refractivity (Wildman–Crippen MR) is 87.9 cm³/mol. The summed E-state index contributed by atoms with van der Waals surface area (Å²) in [4.78, 5) is 2.50. The molecule has 1 aliphatic rings. The maximum Gasteiger partial charge on any atom is 0.0540 e. The average Bonchev–Trinajstić information content (AvgIpc) is 2.48. The second-order valence-corrected chi connectivity index (χ2v) is 6.22.